The molecule has 3 nitrogen and oxygen atoms in total. The summed E-state index contributed by atoms with van der Waals surface area (Å²) < 4.78 is 0. The lowest BCUT2D eigenvalue weighted by atomic mass is 9.96. The van der Waals surface area contributed by atoms with Gasteiger partial charge < -0.3 is 5.32 Å². The third-order valence-electron chi connectivity index (χ3n) is 3.10. The van der Waals surface area contributed by atoms with Gasteiger partial charge in [-0.25, -0.2) is 9.97 Å². The van der Waals surface area contributed by atoms with Crippen molar-refractivity contribution in [3.05, 3.63) is 41.7 Å². The van der Waals surface area contributed by atoms with Crippen LogP contribution in [-0.4, -0.2) is 16.5 Å². The molecule has 0 aliphatic rings. The molecule has 1 heterocycles. The van der Waals surface area contributed by atoms with Crippen molar-refractivity contribution in [1.82, 2.24) is 9.97 Å². The van der Waals surface area contributed by atoms with E-state index in [1.807, 2.05) is 0 Å². The minimum absolute atomic E-state index is 0.380. The normalized spacial score (nSPS) is 10.8. The van der Waals surface area contributed by atoms with E-state index in [4.69, 9.17) is 0 Å². The van der Waals surface area contributed by atoms with Gasteiger partial charge in [0, 0.05) is 17.7 Å². The highest BCUT2D eigenvalue weighted by atomic mass is 15.0. The Kier molecular flexibility index (Phi) is 4.15. The molecule has 0 aliphatic heterocycles. The molecule has 1 aromatic carbocycles. The number of benzene rings is 1. The average Bonchev–Trinajstić information content (AvgIpc) is 2.38. The summed E-state index contributed by atoms with van der Waals surface area (Å²) in [6.07, 6.45) is 1.64. The van der Waals surface area contributed by atoms with Crippen molar-refractivity contribution in [2.75, 3.05) is 11.9 Å². The Morgan fingerprint density at radius 2 is 2.00 bits per heavy atom. The predicted octanol–water partition coefficient (Wildman–Crippen LogP) is 4.01. The smallest absolute Gasteiger partial charge is 0.133 e. The number of nitrogens with zero attached hydrogens (tertiary/aromatic N) is 2. The van der Waals surface area contributed by atoms with Crippen molar-refractivity contribution in [2.45, 2.75) is 33.6 Å². The first kappa shape index (κ1) is 13.5. The van der Waals surface area contributed by atoms with Gasteiger partial charge in [-0.2, -0.15) is 0 Å². The van der Waals surface area contributed by atoms with Crippen molar-refractivity contribution in [3.8, 4) is 11.3 Å². The highest BCUT2D eigenvalue weighted by Gasteiger charge is 2.15. The van der Waals surface area contributed by atoms with E-state index in [1.54, 1.807) is 6.33 Å². The number of hydrogen-bond acceptors (Lipinski definition) is 3. The van der Waals surface area contributed by atoms with Crippen LogP contribution in [0.15, 0.2) is 30.6 Å². The highest BCUT2D eigenvalue weighted by Crippen LogP contribution is 2.31. The van der Waals surface area contributed by atoms with Crippen LogP contribution in [0.4, 0.5) is 5.82 Å². The third-order valence-corrected chi connectivity index (χ3v) is 3.10. The van der Waals surface area contributed by atoms with Gasteiger partial charge in [0.2, 0.25) is 0 Å². The molecule has 0 aliphatic carbocycles. The maximum Gasteiger partial charge on any atom is 0.133 e. The molecular weight excluding hydrogens is 234 g/mol. The molecular formula is C16H21N3. The highest BCUT2D eigenvalue weighted by molar-refractivity contribution is 5.69. The van der Waals surface area contributed by atoms with Crippen molar-refractivity contribution >= 4 is 5.82 Å². The monoisotopic (exact) mass is 255 g/mol. The molecule has 100 valence electrons. The molecule has 1 N–H and O–H groups in total. The Morgan fingerprint density at radius 3 is 2.63 bits per heavy atom. The second-order valence-electron chi connectivity index (χ2n) is 5.04. The fourth-order valence-corrected chi connectivity index (χ4v) is 2.27. The minimum atomic E-state index is 0.380. The summed E-state index contributed by atoms with van der Waals surface area (Å²) in [5.41, 5.74) is 4.63. The molecule has 19 heavy (non-hydrogen) atoms. The minimum Gasteiger partial charge on any atom is -0.370 e. The fraction of sp³-hybridized carbons (Fsp3) is 0.375. The largest absolute Gasteiger partial charge is 0.370 e. The molecule has 0 unspecified atom stereocenters. The van der Waals surface area contributed by atoms with Gasteiger partial charge in [0.25, 0.3) is 0 Å². The van der Waals surface area contributed by atoms with Crippen LogP contribution >= 0.6 is 0 Å². The van der Waals surface area contributed by atoms with Crippen molar-refractivity contribution in [1.29, 1.82) is 0 Å². The molecule has 0 saturated heterocycles. The summed E-state index contributed by atoms with van der Waals surface area (Å²) in [5, 5.41) is 3.33. The molecule has 0 radical (unpaired) electrons. The molecule has 1 aromatic heterocycles. The topological polar surface area (TPSA) is 37.8 Å². The molecule has 3 heteroatoms. The quantitative estimate of drug-likeness (QED) is 0.897. The number of rotatable bonds is 4. The Morgan fingerprint density at radius 1 is 1.21 bits per heavy atom. The van der Waals surface area contributed by atoms with Crippen molar-refractivity contribution < 1.29 is 0 Å². The number of nitrogens with one attached hydrogen (secondary N) is 1. The van der Waals surface area contributed by atoms with Crippen LogP contribution in [0.25, 0.3) is 11.3 Å². The standard InChI is InChI=1S/C16H21N3/c1-5-17-16-14(11(2)3)15(18-10-19-16)13-8-6-7-12(4)9-13/h6-11H,5H2,1-4H3,(H,17,18,19). The molecule has 2 aromatic rings. The average molecular weight is 255 g/mol. The molecule has 0 bridgehead atoms. The van der Waals surface area contributed by atoms with Gasteiger partial charge in [-0.3, -0.25) is 0 Å². The van der Waals surface area contributed by atoms with Crippen LogP contribution in [-0.2, 0) is 0 Å². The zero-order chi connectivity index (χ0) is 13.8. The van der Waals surface area contributed by atoms with E-state index in [1.165, 1.54) is 11.1 Å². The van der Waals surface area contributed by atoms with E-state index in [9.17, 15) is 0 Å². The van der Waals surface area contributed by atoms with Gasteiger partial charge in [0.05, 0.1) is 5.69 Å². The second-order valence-corrected chi connectivity index (χ2v) is 5.04. The van der Waals surface area contributed by atoms with Crippen LogP contribution in [0.2, 0.25) is 0 Å². The van der Waals surface area contributed by atoms with Crippen LogP contribution in [0.5, 0.6) is 0 Å². The Bertz CT molecular complexity index is 562. The van der Waals surface area contributed by atoms with E-state index < -0.39 is 0 Å². The van der Waals surface area contributed by atoms with E-state index in [0.29, 0.717) is 5.92 Å². The summed E-state index contributed by atoms with van der Waals surface area (Å²) in [4.78, 5) is 8.88. The molecule has 2 rings (SSSR count). The maximum atomic E-state index is 4.50. The molecule has 0 spiro atoms. The van der Waals surface area contributed by atoms with Crippen molar-refractivity contribution in [2.24, 2.45) is 0 Å². The first-order valence-electron chi connectivity index (χ1n) is 6.79. The summed E-state index contributed by atoms with van der Waals surface area (Å²) in [6.45, 7) is 9.41. The van der Waals surface area contributed by atoms with Crippen LogP contribution < -0.4 is 5.32 Å². The fourth-order valence-electron chi connectivity index (χ4n) is 2.27. The van der Waals surface area contributed by atoms with Gasteiger partial charge in [-0.05, 0) is 25.8 Å². The zero-order valence-electron chi connectivity index (χ0n) is 12.1. The van der Waals surface area contributed by atoms with E-state index in [-0.39, 0.29) is 0 Å². The van der Waals surface area contributed by atoms with Crippen molar-refractivity contribution in [3.63, 3.8) is 0 Å². The van der Waals surface area contributed by atoms with E-state index in [2.05, 4.69) is 67.2 Å². The van der Waals surface area contributed by atoms with Gasteiger partial charge in [0.1, 0.15) is 12.1 Å². The van der Waals surface area contributed by atoms with Gasteiger partial charge in [-0.15, -0.1) is 0 Å². The predicted molar refractivity (Wildman–Crippen MR) is 80.5 cm³/mol. The van der Waals surface area contributed by atoms with E-state index in [0.717, 1.165) is 23.6 Å². The SMILES string of the molecule is CCNc1ncnc(-c2cccc(C)c2)c1C(C)C. The van der Waals surface area contributed by atoms with Gasteiger partial charge in [0.15, 0.2) is 0 Å². The number of aryl methyl sites for hydroxylation is 1. The molecule has 0 saturated carbocycles. The maximum absolute atomic E-state index is 4.50. The molecule has 0 atom stereocenters. The summed E-state index contributed by atoms with van der Waals surface area (Å²) in [7, 11) is 0. The first-order valence-corrected chi connectivity index (χ1v) is 6.79. The summed E-state index contributed by atoms with van der Waals surface area (Å²) >= 11 is 0. The lowest BCUT2D eigenvalue weighted by Crippen LogP contribution is -2.07. The number of anilines is 1. The van der Waals surface area contributed by atoms with Crippen LogP contribution in [0.1, 0.15) is 37.8 Å². The first-order chi connectivity index (χ1) is 9.13. The Labute approximate surface area is 115 Å². The lowest BCUT2D eigenvalue weighted by molar-refractivity contribution is 0.849. The summed E-state index contributed by atoms with van der Waals surface area (Å²) in [5.74, 6) is 1.33. The van der Waals surface area contributed by atoms with Crippen LogP contribution in [0.3, 0.4) is 0 Å². The van der Waals surface area contributed by atoms with Gasteiger partial charge in [-0.1, -0.05) is 37.6 Å². The zero-order valence-corrected chi connectivity index (χ0v) is 12.1. The second kappa shape index (κ2) is 5.83. The van der Waals surface area contributed by atoms with Crippen LogP contribution in [0, 0.1) is 6.92 Å². The third kappa shape index (κ3) is 2.92. The molecule has 0 fully saturated rings. The number of hydrogen-bond donors (Lipinski definition) is 1. The van der Waals surface area contributed by atoms with Gasteiger partial charge >= 0.3 is 0 Å². The lowest BCUT2D eigenvalue weighted by Gasteiger charge is -2.16. The Hall–Kier alpha value is -1.90. The summed E-state index contributed by atoms with van der Waals surface area (Å²) in [6, 6.07) is 8.45. The number of aromatic nitrogens is 2. The van der Waals surface area contributed by atoms with E-state index >= 15 is 0 Å². The molecule has 0 amide bonds. The Balaban J connectivity index is 2.59.